The first kappa shape index (κ1) is 12.2. The van der Waals surface area contributed by atoms with Crippen LogP contribution >= 0.6 is 0 Å². The lowest BCUT2D eigenvalue weighted by atomic mass is 9.98. The first-order chi connectivity index (χ1) is 6.21. The highest BCUT2D eigenvalue weighted by atomic mass is 28.3. The van der Waals surface area contributed by atoms with Gasteiger partial charge in [0.25, 0.3) is 0 Å². The summed E-state index contributed by atoms with van der Waals surface area (Å²) >= 11 is 0. The van der Waals surface area contributed by atoms with E-state index in [1.165, 1.54) is 0 Å². The normalized spacial score (nSPS) is 33.9. The van der Waals surface area contributed by atoms with E-state index in [1.807, 2.05) is 13.8 Å². The topological polar surface area (TPSA) is 41.5 Å². The van der Waals surface area contributed by atoms with Crippen LogP contribution in [0.3, 0.4) is 0 Å². The molecule has 2 N–H and O–H groups in total. The van der Waals surface area contributed by atoms with Crippen molar-refractivity contribution in [3.8, 4) is 0 Å². The van der Waals surface area contributed by atoms with Crippen molar-refractivity contribution in [2.45, 2.75) is 44.3 Å². The lowest BCUT2D eigenvalue weighted by molar-refractivity contribution is -0.143. The molecule has 0 spiro atoms. The van der Waals surface area contributed by atoms with Crippen LogP contribution in [0.25, 0.3) is 0 Å². The Kier molecular flexibility index (Phi) is 3.12. The first-order valence-corrected chi connectivity index (χ1v) is 8.78. The van der Waals surface area contributed by atoms with E-state index >= 15 is 0 Å². The number of ether oxygens (including phenoxy) is 1. The van der Waals surface area contributed by atoms with Crippen LogP contribution in [0.1, 0.15) is 13.8 Å². The van der Waals surface area contributed by atoms with Gasteiger partial charge in [0, 0.05) is 13.1 Å². The van der Waals surface area contributed by atoms with Crippen molar-refractivity contribution in [3.05, 3.63) is 0 Å². The van der Waals surface area contributed by atoms with Gasteiger partial charge in [0.2, 0.25) is 0 Å². The standard InChI is InChI=1S/C10H23NO2Si/c1-9(8-11-6-7-13-9)10(2,12)14(3,4)5/h11-12H,6-8H2,1-5H3. The molecular formula is C10H23NO2Si. The highest BCUT2D eigenvalue weighted by molar-refractivity contribution is 6.79. The average molecular weight is 217 g/mol. The van der Waals surface area contributed by atoms with Gasteiger partial charge < -0.3 is 15.2 Å². The zero-order valence-corrected chi connectivity index (χ0v) is 11.0. The van der Waals surface area contributed by atoms with Gasteiger partial charge in [-0.1, -0.05) is 19.6 Å². The quantitative estimate of drug-likeness (QED) is 0.678. The van der Waals surface area contributed by atoms with Gasteiger partial charge in [-0.05, 0) is 13.8 Å². The van der Waals surface area contributed by atoms with E-state index in [0.29, 0.717) is 6.61 Å². The second kappa shape index (κ2) is 3.59. The largest absolute Gasteiger partial charge is 0.391 e. The van der Waals surface area contributed by atoms with Crippen molar-refractivity contribution in [2.24, 2.45) is 0 Å². The minimum atomic E-state index is -1.65. The monoisotopic (exact) mass is 217 g/mol. The van der Waals surface area contributed by atoms with Crippen LogP contribution in [0.4, 0.5) is 0 Å². The maximum absolute atomic E-state index is 10.6. The summed E-state index contributed by atoms with van der Waals surface area (Å²) in [5.41, 5.74) is -0.435. The zero-order chi connectivity index (χ0) is 11.0. The second-order valence-corrected chi connectivity index (χ2v) is 11.1. The number of rotatable bonds is 2. The summed E-state index contributed by atoms with van der Waals surface area (Å²) < 4.78 is 5.78. The number of nitrogens with one attached hydrogen (secondary N) is 1. The molecule has 1 rings (SSSR count). The fourth-order valence-electron chi connectivity index (χ4n) is 1.83. The van der Waals surface area contributed by atoms with E-state index in [9.17, 15) is 5.11 Å². The molecule has 1 heterocycles. The summed E-state index contributed by atoms with van der Waals surface area (Å²) in [7, 11) is -1.65. The van der Waals surface area contributed by atoms with Crippen LogP contribution in [0, 0.1) is 0 Å². The molecule has 0 aromatic carbocycles. The molecule has 3 nitrogen and oxygen atoms in total. The average Bonchev–Trinajstić information content (AvgIpc) is 2.03. The third-order valence-electron chi connectivity index (χ3n) is 3.65. The Morgan fingerprint density at radius 1 is 1.43 bits per heavy atom. The molecule has 0 aromatic rings. The van der Waals surface area contributed by atoms with Crippen LogP contribution in [0.15, 0.2) is 0 Å². The lowest BCUT2D eigenvalue weighted by Crippen LogP contribution is -2.70. The van der Waals surface area contributed by atoms with Crippen molar-refractivity contribution < 1.29 is 9.84 Å². The smallest absolute Gasteiger partial charge is 0.103 e. The first-order valence-electron chi connectivity index (χ1n) is 5.28. The van der Waals surface area contributed by atoms with E-state index in [4.69, 9.17) is 4.74 Å². The molecule has 0 saturated carbocycles. The summed E-state index contributed by atoms with van der Waals surface area (Å²) in [6, 6.07) is 0. The van der Waals surface area contributed by atoms with E-state index < -0.39 is 18.9 Å². The maximum Gasteiger partial charge on any atom is 0.103 e. The van der Waals surface area contributed by atoms with Crippen molar-refractivity contribution in [2.75, 3.05) is 19.7 Å². The number of morpholine rings is 1. The van der Waals surface area contributed by atoms with Crippen molar-refractivity contribution in [3.63, 3.8) is 0 Å². The Bertz CT molecular complexity index is 205. The predicted molar refractivity (Wildman–Crippen MR) is 61.2 cm³/mol. The fraction of sp³-hybridized carbons (Fsp3) is 1.00. The van der Waals surface area contributed by atoms with Crippen LogP contribution in [0.2, 0.25) is 19.6 Å². The van der Waals surface area contributed by atoms with Gasteiger partial charge in [0.1, 0.15) is 5.60 Å². The molecule has 84 valence electrons. The van der Waals surface area contributed by atoms with E-state index in [0.717, 1.165) is 13.1 Å². The van der Waals surface area contributed by atoms with Gasteiger partial charge in [-0.25, -0.2) is 0 Å². The van der Waals surface area contributed by atoms with Crippen LogP contribution < -0.4 is 5.32 Å². The lowest BCUT2D eigenvalue weighted by Gasteiger charge is -2.51. The second-order valence-electron chi connectivity index (χ2n) is 5.58. The minimum Gasteiger partial charge on any atom is -0.391 e. The Labute approximate surface area is 87.9 Å². The molecule has 0 radical (unpaired) electrons. The number of aliphatic hydroxyl groups is 1. The van der Waals surface area contributed by atoms with Crippen LogP contribution in [-0.4, -0.2) is 43.7 Å². The van der Waals surface area contributed by atoms with E-state index in [-0.39, 0.29) is 0 Å². The molecule has 1 saturated heterocycles. The molecule has 1 aliphatic heterocycles. The molecule has 14 heavy (non-hydrogen) atoms. The van der Waals surface area contributed by atoms with E-state index in [2.05, 4.69) is 25.0 Å². The van der Waals surface area contributed by atoms with Crippen molar-refractivity contribution in [1.82, 2.24) is 5.32 Å². The number of hydrogen-bond donors (Lipinski definition) is 2. The molecule has 1 aliphatic rings. The Morgan fingerprint density at radius 3 is 2.36 bits per heavy atom. The maximum atomic E-state index is 10.6. The van der Waals surface area contributed by atoms with Crippen LogP contribution in [0.5, 0.6) is 0 Å². The zero-order valence-electron chi connectivity index (χ0n) is 9.98. The Balaban J connectivity index is 2.89. The molecule has 0 aliphatic carbocycles. The molecule has 2 unspecified atom stereocenters. The molecule has 4 heteroatoms. The van der Waals surface area contributed by atoms with Crippen LogP contribution in [-0.2, 0) is 4.74 Å². The summed E-state index contributed by atoms with van der Waals surface area (Å²) in [6.45, 7) is 12.8. The van der Waals surface area contributed by atoms with Gasteiger partial charge in [0.05, 0.1) is 19.9 Å². The summed E-state index contributed by atoms with van der Waals surface area (Å²) in [5, 5.41) is 13.2. The molecular weight excluding hydrogens is 194 g/mol. The highest BCUT2D eigenvalue weighted by Gasteiger charge is 2.53. The van der Waals surface area contributed by atoms with Crippen molar-refractivity contribution >= 4 is 8.07 Å². The summed E-state index contributed by atoms with van der Waals surface area (Å²) in [4.78, 5) is 0. The predicted octanol–water partition coefficient (Wildman–Crippen LogP) is 0.993. The molecule has 1 fully saturated rings. The van der Waals surface area contributed by atoms with Gasteiger partial charge in [-0.15, -0.1) is 0 Å². The molecule has 2 atom stereocenters. The SMILES string of the molecule is CC1(C(C)(O)[Si](C)(C)C)CNCCO1. The third-order valence-corrected chi connectivity index (χ3v) is 7.10. The summed E-state index contributed by atoms with van der Waals surface area (Å²) in [5.74, 6) is 0. The van der Waals surface area contributed by atoms with Gasteiger partial charge in [-0.3, -0.25) is 0 Å². The molecule has 0 amide bonds. The third kappa shape index (κ3) is 1.89. The van der Waals surface area contributed by atoms with Gasteiger partial charge >= 0.3 is 0 Å². The Hall–Kier alpha value is 0.0969. The van der Waals surface area contributed by atoms with Gasteiger partial charge in [-0.2, -0.15) is 0 Å². The fourth-order valence-corrected chi connectivity index (χ4v) is 3.58. The van der Waals surface area contributed by atoms with E-state index in [1.54, 1.807) is 0 Å². The van der Waals surface area contributed by atoms with Gasteiger partial charge in [0.15, 0.2) is 0 Å². The highest BCUT2D eigenvalue weighted by Crippen LogP contribution is 2.34. The molecule has 0 aromatic heterocycles. The molecule has 0 bridgehead atoms. The Morgan fingerprint density at radius 2 is 2.00 bits per heavy atom. The minimum absolute atomic E-state index is 0.435. The van der Waals surface area contributed by atoms with Crippen molar-refractivity contribution in [1.29, 1.82) is 0 Å². The number of hydrogen-bond acceptors (Lipinski definition) is 3. The summed E-state index contributed by atoms with van der Waals surface area (Å²) in [6.07, 6.45) is 0.